The van der Waals surface area contributed by atoms with E-state index < -0.39 is 36.1 Å². The summed E-state index contributed by atoms with van der Waals surface area (Å²) < 4.78 is 84.3. The molecular weight excluding hydrogens is 524 g/mol. The molecule has 208 valence electrons. The Bertz CT molecular complexity index is 1360. The first kappa shape index (κ1) is 26.9. The zero-order valence-corrected chi connectivity index (χ0v) is 21.3. The molecule has 1 saturated heterocycles. The molecule has 6 nitrogen and oxygen atoms in total. The van der Waals surface area contributed by atoms with E-state index in [1.165, 1.54) is 39.9 Å². The second kappa shape index (κ2) is 10.1. The van der Waals surface area contributed by atoms with E-state index in [2.05, 4.69) is 5.10 Å². The highest BCUT2D eigenvalue weighted by Gasteiger charge is 2.43. The molecule has 1 fully saturated rings. The molecule has 2 aromatic carbocycles. The lowest BCUT2D eigenvalue weighted by Gasteiger charge is -2.46. The summed E-state index contributed by atoms with van der Waals surface area (Å²) >= 11 is 0. The number of alkyl halides is 5. The smallest absolute Gasteiger partial charge is 0.369 e. The minimum Gasteiger partial charge on any atom is -0.369 e. The molecule has 1 atom stereocenters. The third-order valence-electron chi connectivity index (χ3n) is 7.49. The lowest BCUT2D eigenvalue weighted by atomic mass is 9.96. The highest BCUT2D eigenvalue weighted by Crippen LogP contribution is 2.41. The average Bonchev–Trinajstić information content (AvgIpc) is 3.28. The molecule has 39 heavy (non-hydrogen) atoms. The number of fused-ring (bicyclic) bond motifs is 1. The van der Waals surface area contributed by atoms with Gasteiger partial charge in [-0.15, -0.1) is 0 Å². The van der Waals surface area contributed by atoms with Crippen molar-refractivity contribution in [3.63, 3.8) is 0 Å². The molecule has 0 radical (unpaired) electrons. The van der Waals surface area contributed by atoms with E-state index >= 15 is 0 Å². The highest BCUT2D eigenvalue weighted by atomic mass is 19.4. The largest absolute Gasteiger partial charge is 0.416 e. The summed E-state index contributed by atoms with van der Waals surface area (Å²) in [6, 6.07) is 7.47. The Morgan fingerprint density at radius 3 is 2.41 bits per heavy atom. The molecule has 3 heterocycles. The van der Waals surface area contributed by atoms with Crippen molar-refractivity contribution in [1.82, 2.24) is 14.7 Å². The fraction of sp³-hybridized carbons (Fsp3) is 0.407. The molecule has 0 N–H and O–H groups in total. The molecule has 12 heteroatoms. The summed E-state index contributed by atoms with van der Waals surface area (Å²) in [4.78, 5) is 18.3. The topological polar surface area (TPSA) is 44.6 Å². The quantitative estimate of drug-likeness (QED) is 0.332. The van der Waals surface area contributed by atoms with Crippen molar-refractivity contribution in [3.05, 3.63) is 76.7 Å². The van der Waals surface area contributed by atoms with E-state index in [1.807, 2.05) is 6.92 Å². The lowest BCUT2D eigenvalue weighted by Crippen LogP contribution is -2.55. The SMILES string of the molecule is CC1c2cn(C)nc2N(Cc2ccccc2C(F)(F)F)C(=O)N1C1CCN(c2c(F)cccc2C(F)F)CC1. The Morgan fingerprint density at radius 2 is 1.74 bits per heavy atom. The van der Waals surface area contributed by atoms with Crippen LogP contribution in [0.1, 0.15) is 54.5 Å². The van der Waals surface area contributed by atoms with Crippen molar-refractivity contribution in [3.8, 4) is 0 Å². The van der Waals surface area contributed by atoms with Crippen LogP contribution >= 0.6 is 0 Å². The van der Waals surface area contributed by atoms with Gasteiger partial charge in [0.1, 0.15) is 5.82 Å². The Balaban J connectivity index is 1.43. The van der Waals surface area contributed by atoms with Crippen molar-refractivity contribution in [2.45, 2.75) is 51.0 Å². The van der Waals surface area contributed by atoms with Crippen molar-refractivity contribution in [1.29, 1.82) is 0 Å². The third kappa shape index (κ3) is 4.92. The Morgan fingerprint density at radius 1 is 1.05 bits per heavy atom. The first-order chi connectivity index (χ1) is 18.5. The van der Waals surface area contributed by atoms with Gasteiger partial charge in [0.2, 0.25) is 0 Å². The number of halogens is 6. The number of urea groups is 1. The van der Waals surface area contributed by atoms with Crippen LogP contribution in [0.25, 0.3) is 0 Å². The van der Waals surface area contributed by atoms with Gasteiger partial charge >= 0.3 is 12.2 Å². The summed E-state index contributed by atoms with van der Waals surface area (Å²) in [6.45, 7) is 1.97. The van der Waals surface area contributed by atoms with Gasteiger partial charge < -0.3 is 9.80 Å². The molecular formula is C27H27F6N5O. The number of aromatic nitrogens is 2. The second-order valence-corrected chi connectivity index (χ2v) is 9.89. The van der Waals surface area contributed by atoms with Gasteiger partial charge in [0.05, 0.1) is 23.8 Å². The average molecular weight is 552 g/mol. The summed E-state index contributed by atoms with van der Waals surface area (Å²) in [5.74, 6) is -0.434. The van der Waals surface area contributed by atoms with Crippen LogP contribution in [0.4, 0.5) is 42.6 Å². The minimum atomic E-state index is -4.59. The second-order valence-electron chi connectivity index (χ2n) is 9.89. The Labute approximate surface area is 221 Å². The van der Waals surface area contributed by atoms with Crippen LogP contribution in [0.15, 0.2) is 48.7 Å². The van der Waals surface area contributed by atoms with Gasteiger partial charge in [0.15, 0.2) is 5.82 Å². The monoisotopic (exact) mass is 551 g/mol. The van der Waals surface area contributed by atoms with Crippen molar-refractivity contribution >= 4 is 17.5 Å². The molecule has 2 aliphatic heterocycles. The van der Waals surface area contributed by atoms with Crippen molar-refractivity contribution in [2.24, 2.45) is 7.05 Å². The molecule has 5 rings (SSSR count). The van der Waals surface area contributed by atoms with E-state index in [4.69, 9.17) is 0 Å². The number of nitrogens with zero attached hydrogens (tertiary/aromatic N) is 5. The number of benzene rings is 2. The summed E-state index contributed by atoms with van der Waals surface area (Å²) in [5.41, 5.74) is -0.709. The van der Waals surface area contributed by atoms with Gasteiger partial charge in [-0.2, -0.15) is 18.3 Å². The molecule has 0 aliphatic carbocycles. The normalized spacial score (nSPS) is 18.7. The number of para-hydroxylation sites is 1. The molecule has 1 unspecified atom stereocenters. The van der Waals surface area contributed by atoms with E-state index in [-0.39, 0.29) is 42.5 Å². The summed E-state index contributed by atoms with van der Waals surface area (Å²) in [7, 11) is 1.68. The van der Waals surface area contributed by atoms with Crippen LogP contribution in [-0.4, -0.2) is 39.8 Å². The number of amides is 2. The maximum Gasteiger partial charge on any atom is 0.416 e. The van der Waals surface area contributed by atoms with Gasteiger partial charge in [-0.25, -0.2) is 18.0 Å². The number of hydrogen-bond acceptors (Lipinski definition) is 3. The number of carbonyl (C=O) groups is 1. The van der Waals surface area contributed by atoms with Crippen molar-refractivity contribution < 1.29 is 31.1 Å². The Hall–Kier alpha value is -3.70. The van der Waals surface area contributed by atoms with Crippen LogP contribution in [-0.2, 0) is 19.8 Å². The lowest BCUT2D eigenvalue weighted by molar-refractivity contribution is -0.138. The number of rotatable bonds is 5. The third-order valence-corrected chi connectivity index (χ3v) is 7.49. The van der Waals surface area contributed by atoms with E-state index in [0.29, 0.717) is 24.2 Å². The maximum atomic E-state index is 14.6. The summed E-state index contributed by atoms with van der Waals surface area (Å²) in [6.07, 6.45) is -4.95. The molecule has 2 amide bonds. The van der Waals surface area contributed by atoms with Gasteiger partial charge in [-0.3, -0.25) is 9.58 Å². The predicted molar refractivity (Wildman–Crippen MR) is 133 cm³/mol. The molecule has 3 aromatic rings. The zero-order valence-electron chi connectivity index (χ0n) is 21.3. The molecule has 0 bridgehead atoms. The highest BCUT2D eigenvalue weighted by molar-refractivity contribution is 5.94. The number of aryl methyl sites for hydroxylation is 1. The van der Waals surface area contributed by atoms with Crippen molar-refractivity contribution in [2.75, 3.05) is 22.9 Å². The number of piperidine rings is 1. The summed E-state index contributed by atoms with van der Waals surface area (Å²) in [5, 5.41) is 4.38. The van der Waals surface area contributed by atoms with Crippen LogP contribution in [0.3, 0.4) is 0 Å². The number of carbonyl (C=O) groups excluding carboxylic acids is 1. The van der Waals surface area contributed by atoms with Crippen LogP contribution in [0.5, 0.6) is 0 Å². The molecule has 2 aliphatic rings. The maximum absolute atomic E-state index is 14.6. The minimum absolute atomic E-state index is 0.0571. The van der Waals surface area contributed by atoms with Crippen LogP contribution in [0.2, 0.25) is 0 Å². The fourth-order valence-corrected chi connectivity index (χ4v) is 5.67. The van der Waals surface area contributed by atoms with E-state index in [9.17, 15) is 31.1 Å². The zero-order chi connectivity index (χ0) is 28.1. The van der Waals surface area contributed by atoms with E-state index in [1.54, 1.807) is 23.0 Å². The first-order valence-corrected chi connectivity index (χ1v) is 12.6. The molecule has 0 saturated carbocycles. The molecule has 0 spiro atoms. The first-order valence-electron chi connectivity index (χ1n) is 12.6. The predicted octanol–water partition coefficient (Wildman–Crippen LogP) is 6.69. The fourth-order valence-electron chi connectivity index (χ4n) is 5.67. The number of anilines is 2. The standard InChI is InChI=1S/C27H27F6N5O/c1-16-20-15-35(2)34-25(20)37(14-17-6-3-4-8-21(17)27(31,32)33)26(39)38(16)18-10-12-36(13-11-18)23-19(24(29)30)7-5-9-22(23)28/h3-9,15-16,18,24H,10-14H2,1-2H3. The number of hydrogen-bond donors (Lipinski definition) is 0. The van der Waals surface area contributed by atoms with Crippen LogP contribution in [0, 0.1) is 5.82 Å². The van der Waals surface area contributed by atoms with Gasteiger partial charge in [-0.05, 0) is 37.5 Å². The Kier molecular flexibility index (Phi) is 6.98. The molecule has 1 aromatic heterocycles. The van der Waals surface area contributed by atoms with Gasteiger partial charge in [0, 0.05) is 43.5 Å². The van der Waals surface area contributed by atoms with Gasteiger partial charge in [-0.1, -0.05) is 30.3 Å². The van der Waals surface area contributed by atoms with Crippen LogP contribution < -0.4 is 9.80 Å². The van der Waals surface area contributed by atoms with E-state index in [0.717, 1.165) is 12.1 Å². The van der Waals surface area contributed by atoms with Gasteiger partial charge in [0.25, 0.3) is 6.43 Å².